The lowest BCUT2D eigenvalue weighted by molar-refractivity contribution is -0.128. The highest BCUT2D eigenvalue weighted by atomic mass is 32.2. The predicted octanol–water partition coefficient (Wildman–Crippen LogP) is -0.879. The van der Waals surface area contributed by atoms with Crippen LogP contribution in [0.5, 0.6) is 0 Å². The van der Waals surface area contributed by atoms with Crippen LogP contribution in [0.1, 0.15) is 19.8 Å². The number of nitrogens with zero attached hydrogens (tertiary/aromatic N) is 1. The summed E-state index contributed by atoms with van der Waals surface area (Å²) in [6.45, 7) is 1.98. The molecule has 0 heterocycles. The highest BCUT2D eigenvalue weighted by Crippen LogP contribution is 2.02. The molecule has 0 saturated carbocycles. The molecule has 3 N–H and O–H groups in total. The number of nitrogens with two attached hydrogens (primary N) is 1. The van der Waals surface area contributed by atoms with Gasteiger partial charge < -0.3 is 10.6 Å². The molecular weight excluding hydrogens is 230 g/mol. The lowest BCUT2D eigenvalue weighted by Gasteiger charge is -2.15. The van der Waals surface area contributed by atoms with Crippen LogP contribution < -0.4 is 10.5 Å². The standard InChI is InChI=1S/C9H21N3O3S/c1-4-8(7-10)16(14,15)11-6-5-9(13)12(2)3/h8,11H,4-7,10H2,1-3H3. The van der Waals surface area contributed by atoms with Gasteiger partial charge in [-0.05, 0) is 6.42 Å². The molecule has 1 unspecified atom stereocenters. The molecular formula is C9H21N3O3S. The van der Waals surface area contributed by atoms with E-state index in [2.05, 4.69) is 4.72 Å². The number of amides is 1. The van der Waals surface area contributed by atoms with Crippen molar-refractivity contribution in [3.63, 3.8) is 0 Å². The first-order valence-electron chi connectivity index (χ1n) is 5.23. The smallest absolute Gasteiger partial charge is 0.223 e. The predicted molar refractivity (Wildman–Crippen MR) is 63.4 cm³/mol. The van der Waals surface area contributed by atoms with Gasteiger partial charge in [-0.2, -0.15) is 0 Å². The Morgan fingerprint density at radius 3 is 2.38 bits per heavy atom. The molecule has 6 nitrogen and oxygen atoms in total. The van der Waals surface area contributed by atoms with Crippen molar-refractivity contribution in [2.24, 2.45) is 5.73 Å². The average molecular weight is 251 g/mol. The third-order valence-corrected chi connectivity index (χ3v) is 4.31. The number of carbonyl (C=O) groups excluding carboxylic acids is 1. The molecule has 96 valence electrons. The number of hydrogen-bond donors (Lipinski definition) is 2. The van der Waals surface area contributed by atoms with E-state index in [0.29, 0.717) is 6.42 Å². The van der Waals surface area contributed by atoms with Gasteiger partial charge in [0.1, 0.15) is 0 Å². The minimum Gasteiger partial charge on any atom is -0.349 e. The van der Waals surface area contributed by atoms with Gasteiger partial charge in [-0.3, -0.25) is 4.79 Å². The molecule has 0 aromatic rings. The first-order valence-corrected chi connectivity index (χ1v) is 6.78. The Labute approximate surface area is 97.2 Å². The lowest BCUT2D eigenvalue weighted by Crippen LogP contribution is -2.40. The molecule has 0 fully saturated rings. The maximum absolute atomic E-state index is 11.6. The molecule has 0 aromatic heterocycles. The molecule has 0 saturated heterocycles. The maximum atomic E-state index is 11.6. The highest BCUT2D eigenvalue weighted by Gasteiger charge is 2.21. The number of carbonyl (C=O) groups is 1. The van der Waals surface area contributed by atoms with Gasteiger partial charge in [-0.1, -0.05) is 6.92 Å². The Balaban J connectivity index is 4.15. The van der Waals surface area contributed by atoms with Crippen molar-refractivity contribution in [3.05, 3.63) is 0 Å². The topological polar surface area (TPSA) is 92.5 Å². The van der Waals surface area contributed by atoms with E-state index in [0.717, 1.165) is 0 Å². The normalized spacial score (nSPS) is 13.5. The van der Waals surface area contributed by atoms with Crippen LogP contribution >= 0.6 is 0 Å². The fraction of sp³-hybridized carbons (Fsp3) is 0.889. The van der Waals surface area contributed by atoms with E-state index in [4.69, 9.17) is 5.73 Å². The SMILES string of the molecule is CCC(CN)S(=O)(=O)NCCC(=O)N(C)C. The van der Waals surface area contributed by atoms with E-state index < -0.39 is 15.3 Å². The molecule has 0 aromatic carbocycles. The molecule has 7 heteroatoms. The molecule has 0 bridgehead atoms. The van der Waals surface area contributed by atoms with Gasteiger partial charge in [0.25, 0.3) is 0 Å². The van der Waals surface area contributed by atoms with E-state index >= 15 is 0 Å². The van der Waals surface area contributed by atoms with Gasteiger partial charge >= 0.3 is 0 Å². The molecule has 0 spiro atoms. The van der Waals surface area contributed by atoms with Crippen LogP contribution in [0.3, 0.4) is 0 Å². The minimum absolute atomic E-state index is 0.0907. The fourth-order valence-corrected chi connectivity index (χ4v) is 2.47. The summed E-state index contributed by atoms with van der Waals surface area (Å²) in [6.07, 6.45) is 0.626. The van der Waals surface area contributed by atoms with E-state index in [-0.39, 0.29) is 25.4 Å². The van der Waals surface area contributed by atoms with Crippen molar-refractivity contribution in [3.8, 4) is 0 Å². The number of hydrogen-bond acceptors (Lipinski definition) is 4. The van der Waals surface area contributed by atoms with Crippen molar-refractivity contribution in [2.45, 2.75) is 25.0 Å². The van der Waals surface area contributed by atoms with Crippen molar-refractivity contribution < 1.29 is 13.2 Å². The maximum Gasteiger partial charge on any atom is 0.223 e. The zero-order chi connectivity index (χ0) is 12.8. The first kappa shape index (κ1) is 15.3. The summed E-state index contributed by atoms with van der Waals surface area (Å²) in [4.78, 5) is 12.6. The second-order valence-corrected chi connectivity index (χ2v) is 5.79. The van der Waals surface area contributed by atoms with Gasteiger partial charge in [0, 0.05) is 33.6 Å². The van der Waals surface area contributed by atoms with Crippen LogP contribution in [-0.4, -0.2) is 51.7 Å². The van der Waals surface area contributed by atoms with E-state index in [9.17, 15) is 13.2 Å². The van der Waals surface area contributed by atoms with Gasteiger partial charge in [0.2, 0.25) is 15.9 Å². The molecule has 0 aliphatic heterocycles. The highest BCUT2D eigenvalue weighted by molar-refractivity contribution is 7.90. The lowest BCUT2D eigenvalue weighted by atomic mass is 10.3. The van der Waals surface area contributed by atoms with Gasteiger partial charge in [-0.15, -0.1) is 0 Å². The summed E-state index contributed by atoms with van der Waals surface area (Å²) in [7, 11) is -0.129. The molecule has 0 aliphatic carbocycles. The van der Waals surface area contributed by atoms with Crippen LogP contribution in [0.4, 0.5) is 0 Å². The number of rotatable bonds is 7. The fourth-order valence-electron chi connectivity index (χ4n) is 1.15. The zero-order valence-electron chi connectivity index (χ0n) is 10.1. The molecule has 0 aliphatic rings. The summed E-state index contributed by atoms with van der Waals surface area (Å²) >= 11 is 0. The summed E-state index contributed by atoms with van der Waals surface area (Å²) in [5.74, 6) is -0.108. The van der Waals surface area contributed by atoms with Gasteiger partial charge in [0.15, 0.2) is 0 Å². The average Bonchev–Trinajstić information content (AvgIpc) is 2.18. The molecule has 0 radical (unpaired) electrons. The third kappa shape index (κ3) is 4.91. The van der Waals surface area contributed by atoms with Crippen molar-refractivity contribution >= 4 is 15.9 Å². The summed E-state index contributed by atoms with van der Waals surface area (Å²) in [6, 6.07) is 0. The van der Waals surface area contributed by atoms with Gasteiger partial charge in [-0.25, -0.2) is 13.1 Å². The molecule has 16 heavy (non-hydrogen) atoms. The van der Waals surface area contributed by atoms with E-state index in [1.165, 1.54) is 4.90 Å². The molecule has 0 rings (SSSR count). The molecule has 1 amide bonds. The van der Waals surface area contributed by atoms with Crippen molar-refractivity contribution in [1.29, 1.82) is 0 Å². The Bertz CT molecular complexity index is 310. The third-order valence-electron chi connectivity index (χ3n) is 2.30. The number of nitrogens with one attached hydrogen (secondary N) is 1. The van der Waals surface area contributed by atoms with E-state index in [1.54, 1.807) is 21.0 Å². The van der Waals surface area contributed by atoms with Crippen molar-refractivity contribution in [1.82, 2.24) is 9.62 Å². The first-order chi connectivity index (χ1) is 7.35. The minimum atomic E-state index is -3.39. The quantitative estimate of drug-likeness (QED) is 0.614. The summed E-state index contributed by atoms with van der Waals surface area (Å²) in [5.41, 5.74) is 5.35. The Morgan fingerprint density at radius 1 is 1.44 bits per heavy atom. The Morgan fingerprint density at radius 2 is 2.00 bits per heavy atom. The number of sulfonamides is 1. The van der Waals surface area contributed by atoms with E-state index in [1.807, 2.05) is 0 Å². The van der Waals surface area contributed by atoms with Crippen LogP contribution in [0, 0.1) is 0 Å². The zero-order valence-corrected chi connectivity index (χ0v) is 10.9. The van der Waals surface area contributed by atoms with Gasteiger partial charge in [0.05, 0.1) is 5.25 Å². The monoisotopic (exact) mass is 251 g/mol. The second kappa shape index (κ2) is 6.82. The Hall–Kier alpha value is -0.660. The second-order valence-electron chi connectivity index (χ2n) is 3.74. The Kier molecular flexibility index (Phi) is 6.54. The molecule has 1 atom stereocenters. The summed E-state index contributed by atoms with van der Waals surface area (Å²) < 4.78 is 25.6. The van der Waals surface area contributed by atoms with Crippen LogP contribution in [0.2, 0.25) is 0 Å². The van der Waals surface area contributed by atoms with Crippen LogP contribution in [0.15, 0.2) is 0 Å². The summed E-state index contributed by atoms with van der Waals surface area (Å²) in [5, 5.41) is -0.582. The van der Waals surface area contributed by atoms with Crippen LogP contribution in [0.25, 0.3) is 0 Å². The van der Waals surface area contributed by atoms with Crippen molar-refractivity contribution in [2.75, 3.05) is 27.2 Å². The largest absolute Gasteiger partial charge is 0.349 e. The van der Waals surface area contributed by atoms with Crippen LogP contribution in [-0.2, 0) is 14.8 Å².